The van der Waals surface area contributed by atoms with E-state index in [1.807, 2.05) is 103 Å². The fourth-order valence-corrected chi connectivity index (χ4v) is 16.2. The SMILES string of the molecule is C[Si](C)(c1ccccc1)c1cccc(-c2cccc(N(c3ccccc3)c3ccccc3)c2)c1Cl.C[Si](C)(c1ccccc1)c1cccc(Cl)c1Cl.OB(O)c1cccc(N(c2ccccc2)c2ccccc2)c1. The molecule has 2 N–H and O–H groups in total. The Morgan fingerprint density at radius 3 is 1.09 bits per heavy atom. The number of benzene rings is 10. The highest BCUT2D eigenvalue weighted by molar-refractivity contribution is 7.02. The second-order valence-corrected chi connectivity index (χ2v) is 28.7. The second kappa shape index (κ2) is 24.9. The summed E-state index contributed by atoms with van der Waals surface area (Å²) >= 11 is 19.6. The third-order valence-corrected chi connectivity index (χ3v) is 21.8. The van der Waals surface area contributed by atoms with Crippen molar-refractivity contribution in [1.82, 2.24) is 0 Å². The normalized spacial score (nSPS) is 11.0. The van der Waals surface area contributed by atoms with Crippen LogP contribution in [0.2, 0.25) is 41.3 Å². The van der Waals surface area contributed by atoms with E-state index >= 15 is 0 Å². The molecule has 0 saturated carbocycles. The smallest absolute Gasteiger partial charge is 0.423 e. The fraction of sp³-hybridized carbons (Fsp3) is 0.0625. The lowest BCUT2D eigenvalue weighted by Crippen LogP contribution is -2.53. The first kappa shape index (κ1) is 53.4. The zero-order chi connectivity index (χ0) is 52.1. The Morgan fingerprint density at radius 1 is 0.338 bits per heavy atom. The number of nitrogens with zero attached hydrogens (tertiary/aromatic N) is 2. The van der Waals surface area contributed by atoms with Crippen LogP contribution in [0.1, 0.15) is 0 Å². The van der Waals surface area contributed by atoms with Crippen LogP contribution in [-0.4, -0.2) is 33.3 Å². The van der Waals surface area contributed by atoms with Crippen LogP contribution in [0.4, 0.5) is 34.1 Å². The van der Waals surface area contributed by atoms with Gasteiger partial charge in [0.15, 0.2) is 0 Å². The molecule has 0 amide bonds. The van der Waals surface area contributed by atoms with Gasteiger partial charge in [-0.3, -0.25) is 0 Å². The molecular formula is C64H58BCl3N2O2Si2. The van der Waals surface area contributed by atoms with Gasteiger partial charge in [-0.1, -0.05) is 259 Å². The Labute approximate surface area is 454 Å². The maximum absolute atomic E-state index is 9.41. The summed E-state index contributed by atoms with van der Waals surface area (Å²) in [5, 5.41) is 26.2. The summed E-state index contributed by atoms with van der Waals surface area (Å²) in [7, 11) is -5.17. The highest BCUT2D eigenvalue weighted by Gasteiger charge is 2.30. The molecule has 0 fully saturated rings. The molecule has 0 spiro atoms. The minimum atomic E-state index is -1.95. The lowest BCUT2D eigenvalue weighted by molar-refractivity contribution is 0.426. The Hall–Kier alpha value is -6.91. The molecule has 10 aromatic carbocycles. The van der Waals surface area contributed by atoms with Crippen molar-refractivity contribution in [2.45, 2.75) is 26.2 Å². The van der Waals surface area contributed by atoms with E-state index in [1.54, 1.807) is 12.1 Å². The van der Waals surface area contributed by atoms with Gasteiger partial charge in [0.1, 0.15) is 16.1 Å². The van der Waals surface area contributed by atoms with Crippen molar-refractivity contribution in [3.8, 4) is 11.1 Å². The van der Waals surface area contributed by atoms with Gasteiger partial charge < -0.3 is 19.8 Å². The highest BCUT2D eigenvalue weighted by Crippen LogP contribution is 2.38. The van der Waals surface area contributed by atoms with Crippen LogP contribution in [0.3, 0.4) is 0 Å². The van der Waals surface area contributed by atoms with Gasteiger partial charge in [0.05, 0.1) is 10.0 Å². The van der Waals surface area contributed by atoms with Gasteiger partial charge in [-0.15, -0.1) is 0 Å². The van der Waals surface area contributed by atoms with Crippen molar-refractivity contribution in [1.29, 1.82) is 0 Å². The molecule has 0 heterocycles. The summed E-state index contributed by atoms with van der Waals surface area (Å²) in [6.07, 6.45) is 0. The van der Waals surface area contributed by atoms with Crippen LogP contribution < -0.4 is 36.0 Å². The van der Waals surface area contributed by atoms with Crippen molar-refractivity contribution in [3.05, 3.63) is 282 Å². The van der Waals surface area contributed by atoms with E-state index in [0.717, 1.165) is 50.3 Å². The molecule has 0 atom stereocenters. The van der Waals surface area contributed by atoms with Crippen LogP contribution in [0.15, 0.2) is 267 Å². The molecule has 10 aromatic rings. The average Bonchev–Trinajstić information content (AvgIpc) is 3.44. The van der Waals surface area contributed by atoms with E-state index < -0.39 is 23.3 Å². The Balaban J connectivity index is 0.000000160. The predicted molar refractivity (Wildman–Crippen MR) is 325 cm³/mol. The summed E-state index contributed by atoms with van der Waals surface area (Å²) < 4.78 is 0. The molecule has 0 radical (unpaired) electrons. The fourth-order valence-electron chi connectivity index (χ4n) is 9.08. The Morgan fingerprint density at radius 2 is 0.676 bits per heavy atom. The third kappa shape index (κ3) is 12.7. The highest BCUT2D eigenvalue weighted by atomic mass is 35.5. The number of para-hydroxylation sites is 4. The van der Waals surface area contributed by atoms with Gasteiger partial charge >= 0.3 is 7.12 Å². The second-order valence-electron chi connectivity index (χ2n) is 18.8. The molecule has 0 aliphatic rings. The molecule has 0 aliphatic carbocycles. The monoisotopic (exact) mass is 1060 g/mol. The zero-order valence-corrected chi connectivity index (χ0v) is 46.2. The molecule has 0 aromatic heterocycles. The molecule has 0 saturated heterocycles. The van der Waals surface area contributed by atoms with Crippen LogP contribution in [0, 0.1) is 0 Å². The van der Waals surface area contributed by atoms with E-state index in [9.17, 15) is 10.0 Å². The quantitative estimate of drug-likeness (QED) is 0.120. The van der Waals surface area contributed by atoms with Gasteiger partial charge in [0.2, 0.25) is 0 Å². The van der Waals surface area contributed by atoms with E-state index in [1.165, 1.54) is 20.7 Å². The van der Waals surface area contributed by atoms with Gasteiger partial charge in [-0.05, 0) is 100 Å². The summed E-state index contributed by atoms with van der Waals surface area (Å²) in [5.74, 6) is 0. The molecule has 4 nitrogen and oxygen atoms in total. The minimum absolute atomic E-state index is 0.467. The van der Waals surface area contributed by atoms with Crippen LogP contribution in [0.5, 0.6) is 0 Å². The first-order chi connectivity index (χ1) is 35.8. The third-order valence-electron chi connectivity index (χ3n) is 13.2. The van der Waals surface area contributed by atoms with E-state index in [4.69, 9.17) is 34.8 Å². The number of rotatable bonds is 12. The number of hydrogen-bond acceptors (Lipinski definition) is 4. The van der Waals surface area contributed by atoms with E-state index in [2.05, 4.69) is 188 Å². The van der Waals surface area contributed by atoms with Gasteiger partial charge in [0.25, 0.3) is 0 Å². The lowest BCUT2D eigenvalue weighted by Gasteiger charge is -2.27. The van der Waals surface area contributed by atoms with Gasteiger partial charge in [-0.25, -0.2) is 0 Å². The molecular weight excluding hydrogens is 1000 g/mol. The van der Waals surface area contributed by atoms with Crippen LogP contribution in [-0.2, 0) is 0 Å². The average molecular weight is 1060 g/mol. The maximum Gasteiger partial charge on any atom is 0.488 e. The van der Waals surface area contributed by atoms with Crippen LogP contribution in [0.25, 0.3) is 11.1 Å². The topological polar surface area (TPSA) is 46.9 Å². The standard InChI is InChI=1S/C32H28ClNSi.C18H16BNO2.C14H14Cl2Si/c1-35(2,29-20-10-5-11-21-29)31-23-13-22-30(32(31)33)25-14-12-19-28(24-25)34(26-15-6-3-7-16-26)27-17-8-4-9-18-27;21-19(22)15-8-7-13-18(14-15)20(16-9-3-1-4-10-16)17-11-5-2-6-12-17;1-17(2,11-7-4-3-5-8-11)13-10-6-9-12(15)14(13)16/h3-24H,1-2H3;1-14,21-22H;3-10H,1-2H3. The van der Waals surface area contributed by atoms with Crippen molar-refractivity contribution in [3.63, 3.8) is 0 Å². The maximum atomic E-state index is 9.41. The Kier molecular flexibility index (Phi) is 17.9. The molecule has 74 heavy (non-hydrogen) atoms. The summed E-state index contributed by atoms with van der Waals surface area (Å²) in [6.45, 7) is 9.33. The molecule has 0 aliphatic heterocycles. The molecule has 10 rings (SSSR count). The molecule has 0 bridgehead atoms. The zero-order valence-electron chi connectivity index (χ0n) is 41.9. The van der Waals surface area contributed by atoms with E-state index in [0.29, 0.717) is 15.5 Å². The molecule has 368 valence electrons. The van der Waals surface area contributed by atoms with Gasteiger partial charge in [-0.2, -0.15) is 0 Å². The van der Waals surface area contributed by atoms with Crippen molar-refractivity contribution < 1.29 is 10.0 Å². The largest absolute Gasteiger partial charge is 0.488 e. The van der Waals surface area contributed by atoms with Gasteiger partial charge in [0, 0.05) is 44.7 Å². The minimum Gasteiger partial charge on any atom is -0.423 e. The van der Waals surface area contributed by atoms with Crippen molar-refractivity contribution in [2.24, 2.45) is 0 Å². The first-order valence-corrected chi connectivity index (χ1v) is 31.7. The molecule has 10 heteroatoms. The number of hydrogen-bond donors (Lipinski definition) is 2. The summed E-state index contributed by atoms with van der Waals surface area (Å²) in [5.41, 5.74) is 8.89. The summed E-state index contributed by atoms with van der Waals surface area (Å²) in [4.78, 5) is 4.36. The summed E-state index contributed by atoms with van der Waals surface area (Å²) in [6, 6.07) is 90.5. The van der Waals surface area contributed by atoms with E-state index in [-0.39, 0.29) is 0 Å². The predicted octanol–water partition coefficient (Wildman–Crippen LogP) is 15.0. The Bertz CT molecular complexity index is 3280. The first-order valence-electron chi connectivity index (χ1n) is 24.6. The van der Waals surface area contributed by atoms with Crippen molar-refractivity contribution >= 4 is 118 Å². The molecule has 0 unspecified atom stereocenters. The number of halogens is 3. The lowest BCUT2D eigenvalue weighted by atomic mass is 9.80. The number of anilines is 6. The van der Waals surface area contributed by atoms with Crippen molar-refractivity contribution in [2.75, 3.05) is 9.80 Å². The van der Waals surface area contributed by atoms with Crippen LogP contribution >= 0.6 is 34.8 Å².